The summed E-state index contributed by atoms with van der Waals surface area (Å²) in [5, 5.41) is 14.4. The minimum Gasteiger partial charge on any atom is -0.480 e. The maximum atomic E-state index is 13.3. The van der Waals surface area contributed by atoms with Crippen LogP contribution >= 0.6 is 23.7 Å². The van der Waals surface area contributed by atoms with Gasteiger partial charge in [-0.2, -0.15) is 24.9 Å². The lowest BCUT2D eigenvalue weighted by Gasteiger charge is -2.37. The van der Waals surface area contributed by atoms with Crippen molar-refractivity contribution in [2.24, 2.45) is 5.92 Å². The Morgan fingerprint density at radius 3 is 2.28 bits per heavy atom. The number of aliphatic carboxylic acids is 1. The molecule has 0 saturated carbocycles. The molecule has 0 spiro atoms. The number of thioether (sulfide) groups is 1. The molecule has 0 bridgehead atoms. The van der Waals surface area contributed by atoms with E-state index < -0.39 is 29.7 Å². The molecule has 3 aromatic carbocycles. The van der Waals surface area contributed by atoms with Crippen molar-refractivity contribution in [2.75, 3.05) is 25.1 Å². The van der Waals surface area contributed by atoms with Gasteiger partial charge in [0.25, 0.3) is 0 Å². The van der Waals surface area contributed by atoms with E-state index in [9.17, 15) is 32.7 Å². The first kappa shape index (κ1) is 37.2. The summed E-state index contributed by atoms with van der Waals surface area (Å²) in [6.45, 7) is 6.10. The molecular weight excluding hydrogens is 636 g/mol. The Morgan fingerprint density at radius 2 is 1.67 bits per heavy atom. The monoisotopic (exact) mass is 677 g/mol. The quantitative estimate of drug-likeness (QED) is 0.148. The first-order valence-corrected chi connectivity index (χ1v) is 17.5. The molecule has 0 heterocycles. The number of fused-ring (bicyclic) bond motifs is 1. The number of rotatable bonds is 17. The Kier molecular flexibility index (Phi) is 14.3. The van der Waals surface area contributed by atoms with E-state index in [1.54, 1.807) is 4.31 Å². The molecule has 0 saturated heterocycles. The molecule has 3 aromatic rings. The molecular formula is C34H42F3N3O4S2. The van der Waals surface area contributed by atoms with Gasteiger partial charge in [0.1, 0.15) is 6.04 Å². The van der Waals surface area contributed by atoms with E-state index in [1.165, 1.54) is 42.8 Å². The number of alkyl halides is 3. The Morgan fingerprint density at radius 1 is 1.00 bits per heavy atom. The number of benzene rings is 3. The minimum absolute atomic E-state index is 0.00966. The van der Waals surface area contributed by atoms with Crippen molar-refractivity contribution in [3.63, 3.8) is 0 Å². The fourth-order valence-electron chi connectivity index (χ4n) is 5.17. The number of carbonyl (C=O) groups excluding carboxylic acids is 2. The number of hydrogen-bond acceptors (Lipinski definition) is 6. The van der Waals surface area contributed by atoms with Crippen LogP contribution in [-0.2, 0) is 32.9 Å². The second kappa shape index (κ2) is 17.6. The van der Waals surface area contributed by atoms with Crippen molar-refractivity contribution in [2.45, 2.75) is 64.2 Å². The van der Waals surface area contributed by atoms with Crippen LogP contribution in [0.5, 0.6) is 0 Å². The highest BCUT2D eigenvalue weighted by molar-refractivity contribution is 7.98. The summed E-state index contributed by atoms with van der Waals surface area (Å²) in [5.41, 5.74) is 0.893. The molecule has 0 aliphatic carbocycles. The zero-order valence-corrected chi connectivity index (χ0v) is 28.2. The fraction of sp³-hybridized carbons (Fsp3) is 0.441. The standard InChI is InChI=1S/C34H42F3N3O4S2/c1-5-23(2)31(40(24(3)41)46-22-25-13-15-28(16-14-25)34(35,36)37)20-39(21-32(42)38-30(33(43)44)17-18-45-4)19-27-11-8-10-26-9-6-7-12-29(26)27/h6-16,23,30-31H,5,17-22H2,1-4H3,(H,38,42)(H,43,44)/t23-,30-,31+/m0/s1. The molecule has 0 unspecified atom stereocenters. The van der Waals surface area contributed by atoms with Crippen molar-refractivity contribution in [1.82, 2.24) is 14.5 Å². The van der Waals surface area contributed by atoms with E-state index in [1.807, 2.05) is 67.5 Å². The smallest absolute Gasteiger partial charge is 0.416 e. The SMILES string of the molecule is CC[C@H](C)[C@@H](CN(CC(=O)N[C@@H](CCSC)C(=O)O)Cc1cccc2ccccc12)N(SCc1ccc(C(F)(F)F)cc1)C(C)=O. The summed E-state index contributed by atoms with van der Waals surface area (Å²) in [4.78, 5) is 40.2. The third-order valence-electron chi connectivity index (χ3n) is 7.89. The molecule has 12 heteroatoms. The molecule has 0 aliphatic heterocycles. The highest BCUT2D eigenvalue weighted by atomic mass is 32.2. The van der Waals surface area contributed by atoms with Gasteiger partial charge in [-0.3, -0.25) is 18.8 Å². The molecule has 3 rings (SSSR count). The van der Waals surface area contributed by atoms with Gasteiger partial charge in [-0.05, 0) is 70.3 Å². The molecule has 2 amide bonds. The average Bonchev–Trinajstić information content (AvgIpc) is 3.01. The van der Waals surface area contributed by atoms with E-state index in [-0.39, 0.29) is 30.2 Å². The summed E-state index contributed by atoms with van der Waals surface area (Å²) in [7, 11) is 0. The Hall–Kier alpha value is -3.22. The van der Waals surface area contributed by atoms with Gasteiger partial charge in [-0.15, -0.1) is 0 Å². The zero-order chi connectivity index (χ0) is 33.9. The van der Waals surface area contributed by atoms with Crippen molar-refractivity contribution in [3.05, 3.63) is 83.4 Å². The van der Waals surface area contributed by atoms with E-state index in [0.717, 1.165) is 34.9 Å². The predicted octanol–water partition coefficient (Wildman–Crippen LogP) is 7.09. The number of amides is 2. The van der Waals surface area contributed by atoms with Crippen LogP contribution in [0.1, 0.15) is 50.3 Å². The normalized spacial score (nSPS) is 13.7. The van der Waals surface area contributed by atoms with Gasteiger partial charge < -0.3 is 10.4 Å². The molecule has 0 radical (unpaired) electrons. The maximum Gasteiger partial charge on any atom is 0.416 e. The van der Waals surface area contributed by atoms with Gasteiger partial charge in [-0.25, -0.2) is 4.79 Å². The third-order valence-corrected chi connectivity index (χ3v) is 9.81. The number of carboxylic acid groups (broad SMARTS) is 1. The van der Waals surface area contributed by atoms with Crippen molar-refractivity contribution in [3.8, 4) is 0 Å². The summed E-state index contributed by atoms with van der Waals surface area (Å²) in [5.74, 6) is -0.859. The third kappa shape index (κ3) is 10.9. The molecule has 0 aliphatic rings. The number of nitrogens with zero attached hydrogens (tertiary/aromatic N) is 2. The molecule has 7 nitrogen and oxygen atoms in total. The van der Waals surface area contributed by atoms with Crippen LogP contribution in [0.3, 0.4) is 0 Å². The van der Waals surface area contributed by atoms with Gasteiger partial charge >= 0.3 is 12.1 Å². The number of halogens is 3. The Labute approximate surface area is 277 Å². The lowest BCUT2D eigenvalue weighted by Crippen LogP contribution is -2.50. The summed E-state index contributed by atoms with van der Waals surface area (Å²) >= 11 is 2.74. The highest BCUT2D eigenvalue weighted by Gasteiger charge is 2.32. The number of carboxylic acids is 1. The second-order valence-electron chi connectivity index (χ2n) is 11.3. The predicted molar refractivity (Wildman–Crippen MR) is 180 cm³/mol. The number of carbonyl (C=O) groups is 3. The molecule has 3 atom stereocenters. The van der Waals surface area contributed by atoms with E-state index in [4.69, 9.17) is 0 Å². The molecule has 2 N–H and O–H groups in total. The largest absolute Gasteiger partial charge is 0.480 e. The van der Waals surface area contributed by atoms with Gasteiger partial charge in [0, 0.05) is 25.8 Å². The van der Waals surface area contributed by atoms with E-state index in [2.05, 4.69) is 5.32 Å². The van der Waals surface area contributed by atoms with Crippen molar-refractivity contribution in [1.29, 1.82) is 0 Å². The lowest BCUT2D eigenvalue weighted by molar-refractivity contribution is -0.142. The van der Waals surface area contributed by atoms with Crippen LogP contribution < -0.4 is 5.32 Å². The van der Waals surface area contributed by atoms with Crippen LogP contribution in [-0.4, -0.2) is 69.3 Å². The molecule has 250 valence electrons. The molecule has 46 heavy (non-hydrogen) atoms. The number of hydrogen-bond donors (Lipinski definition) is 2. The van der Waals surface area contributed by atoms with Crippen LogP contribution in [0.4, 0.5) is 13.2 Å². The van der Waals surface area contributed by atoms with Crippen LogP contribution in [0, 0.1) is 5.92 Å². The van der Waals surface area contributed by atoms with E-state index in [0.29, 0.717) is 30.8 Å². The van der Waals surface area contributed by atoms with Crippen LogP contribution in [0.2, 0.25) is 0 Å². The first-order valence-electron chi connectivity index (χ1n) is 15.1. The lowest BCUT2D eigenvalue weighted by atomic mass is 9.97. The topological polar surface area (TPSA) is 89.9 Å². The summed E-state index contributed by atoms with van der Waals surface area (Å²) in [6, 6.07) is 17.4. The van der Waals surface area contributed by atoms with Crippen LogP contribution in [0.25, 0.3) is 10.8 Å². The summed E-state index contributed by atoms with van der Waals surface area (Å²) in [6.07, 6.45) is -1.53. The maximum absolute atomic E-state index is 13.3. The fourth-order valence-corrected chi connectivity index (χ4v) is 6.77. The molecule has 0 fully saturated rings. The van der Waals surface area contributed by atoms with E-state index >= 15 is 0 Å². The summed E-state index contributed by atoms with van der Waals surface area (Å²) < 4.78 is 40.9. The van der Waals surface area contributed by atoms with Crippen molar-refractivity contribution >= 4 is 52.3 Å². The number of nitrogens with one attached hydrogen (secondary N) is 1. The first-order chi connectivity index (χ1) is 21.8. The van der Waals surface area contributed by atoms with Gasteiger partial charge in [0.2, 0.25) is 11.8 Å². The van der Waals surface area contributed by atoms with Crippen molar-refractivity contribution < 1.29 is 32.7 Å². The Balaban J connectivity index is 1.90. The second-order valence-corrected chi connectivity index (χ2v) is 13.2. The molecule has 0 aromatic heterocycles. The highest BCUT2D eigenvalue weighted by Crippen LogP contribution is 2.31. The van der Waals surface area contributed by atoms with Gasteiger partial charge in [0.05, 0.1) is 18.2 Å². The minimum atomic E-state index is -4.43. The van der Waals surface area contributed by atoms with Gasteiger partial charge in [-0.1, -0.05) is 74.9 Å². The average molecular weight is 678 g/mol. The zero-order valence-electron chi connectivity index (χ0n) is 26.5. The Bertz CT molecular complexity index is 1450. The van der Waals surface area contributed by atoms with Gasteiger partial charge in [0.15, 0.2) is 0 Å². The van der Waals surface area contributed by atoms with Crippen LogP contribution in [0.15, 0.2) is 66.7 Å².